The van der Waals surface area contributed by atoms with Crippen molar-refractivity contribution in [3.8, 4) is 22.4 Å². The second kappa shape index (κ2) is 8.83. The number of nitrogens with zero attached hydrogens (tertiary/aromatic N) is 3. The molecule has 1 N–H and O–H groups in total. The van der Waals surface area contributed by atoms with E-state index in [2.05, 4.69) is 32.9 Å². The van der Waals surface area contributed by atoms with E-state index in [0.717, 1.165) is 33.8 Å². The van der Waals surface area contributed by atoms with Gasteiger partial charge in [0.15, 0.2) is 5.65 Å². The third-order valence-corrected chi connectivity index (χ3v) is 6.15. The largest absolute Gasteiger partial charge is 0.465 e. The molecule has 1 aliphatic rings. The first-order valence-corrected chi connectivity index (χ1v) is 11.1. The molecular formula is C26H26N4O2. The number of carbonyl (C=O) groups is 1. The molecule has 32 heavy (non-hydrogen) atoms. The van der Waals surface area contributed by atoms with E-state index in [1.165, 1.54) is 39.2 Å². The van der Waals surface area contributed by atoms with Crippen LogP contribution in [0, 0.1) is 0 Å². The highest BCUT2D eigenvalue weighted by molar-refractivity contribution is 5.90. The van der Waals surface area contributed by atoms with Gasteiger partial charge in [-0.05, 0) is 42.2 Å². The monoisotopic (exact) mass is 426 g/mol. The summed E-state index contributed by atoms with van der Waals surface area (Å²) in [7, 11) is 1.39. The molecule has 0 bridgehead atoms. The smallest absolute Gasteiger partial charge is 0.337 e. The van der Waals surface area contributed by atoms with Gasteiger partial charge in [-0.15, -0.1) is 0 Å². The summed E-state index contributed by atoms with van der Waals surface area (Å²) in [6, 6.07) is 16.3. The van der Waals surface area contributed by atoms with Gasteiger partial charge in [-0.3, -0.25) is 9.38 Å². The lowest BCUT2D eigenvalue weighted by atomic mass is 9.95. The molecular weight excluding hydrogens is 400 g/mol. The highest BCUT2D eigenvalue weighted by Gasteiger charge is 2.20. The predicted molar refractivity (Wildman–Crippen MR) is 126 cm³/mol. The van der Waals surface area contributed by atoms with Crippen LogP contribution in [-0.2, 0) is 4.74 Å². The van der Waals surface area contributed by atoms with Gasteiger partial charge < -0.3 is 10.1 Å². The maximum atomic E-state index is 11.7. The summed E-state index contributed by atoms with van der Waals surface area (Å²) in [4.78, 5) is 20.9. The average Bonchev–Trinajstić information content (AvgIpc) is 3.23. The Morgan fingerprint density at radius 3 is 2.59 bits per heavy atom. The molecule has 2 heterocycles. The quantitative estimate of drug-likeness (QED) is 0.421. The lowest BCUT2D eigenvalue weighted by Gasteiger charge is -2.24. The number of methoxy groups -OCH3 is 1. The van der Waals surface area contributed by atoms with E-state index in [9.17, 15) is 4.79 Å². The maximum absolute atomic E-state index is 11.7. The van der Waals surface area contributed by atoms with E-state index < -0.39 is 0 Å². The van der Waals surface area contributed by atoms with Crippen LogP contribution in [0.15, 0.2) is 67.1 Å². The Labute approximate surface area is 187 Å². The SMILES string of the molecule is COC(=O)c1ccc(-c2cccc(-c3nc4cnccn4c3NC3CCCCC3)c2)cc1. The van der Waals surface area contributed by atoms with E-state index in [1.807, 2.05) is 24.4 Å². The van der Waals surface area contributed by atoms with Gasteiger partial charge in [-0.1, -0.05) is 49.6 Å². The Balaban J connectivity index is 1.53. The number of carbonyl (C=O) groups excluding carboxylic acids is 1. The molecule has 0 radical (unpaired) electrons. The van der Waals surface area contributed by atoms with E-state index in [1.54, 1.807) is 24.5 Å². The van der Waals surface area contributed by atoms with Gasteiger partial charge in [0, 0.05) is 24.0 Å². The molecule has 6 nitrogen and oxygen atoms in total. The second-order valence-electron chi connectivity index (χ2n) is 8.24. The number of esters is 1. The third-order valence-electron chi connectivity index (χ3n) is 6.15. The molecule has 5 rings (SSSR count). The Morgan fingerprint density at radius 1 is 1.03 bits per heavy atom. The minimum atomic E-state index is -0.331. The normalized spacial score (nSPS) is 14.4. The number of ether oxygens (including phenoxy) is 1. The number of benzene rings is 2. The van der Waals surface area contributed by atoms with Crippen LogP contribution in [0.3, 0.4) is 0 Å². The van der Waals surface area contributed by atoms with Gasteiger partial charge in [0.1, 0.15) is 11.5 Å². The van der Waals surface area contributed by atoms with Gasteiger partial charge >= 0.3 is 5.97 Å². The van der Waals surface area contributed by atoms with Crippen LogP contribution in [0.2, 0.25) is 0 Å². The first-order valence-electron chi connectivity index (χ1n) is 11.1. The number of hydrogen-bond acceptors (Lipinski definition) is 5. The van der Waals surface area contributed by atoms with Crippen molar-refractivity contribution in [2.24, 2.45) is 0 Å². The first kappa shape index (κ1) is 20.2. The van der Waals surface area contributed by atoms with Gasteiger partial charge in [-0.25, -0.2) is 9.78 Å². The number of rotatable bonds is 5. The van der Waals surface area contributed by atoms with Crippen LogP contribution in [0.4, 0.5) is 5.82 Å². The number of fused-ring (bicyclic) bond motifs is 1. The number of anilines is 1. The van der Waals surface area contributed by atoms with E-state index in [0.29, 0.717) is 11.6 Å². The molecule has 4 aromatic rings. The van der Waals surface area contributed by atoms with Gasteiger partial charge in [-0.2, -0.15) is 0 Å². The van der Waals surface area contributed by atoms with Crippen molar-refractivity contribution in [1.82, 2.24) is 14.4 Å². The van der Waals surface area contributed by atoms with Gasteiger partial charge in [0.25, 0.3) is 0 Å². The number of nitrogens with one attached hydrogen (secondary N) is 1. The van der Waals surface area contributed by atoms with Crippen molar-refractivity contribution in [1.29, 1.82) is 0 Å². The Morgan fingerprint density at radius 2 is 1.81 bits per heavy atom. The van der Waals surface area contributed by atoms with Crippen LogP contribution in [0.25, 0.3) is 28.0 Å². The first-order chi connectivity index (χ1) is 15.7. The summed E-state index contributed by atoms with van der Waals surface area (Å²) in [5.41, 5.74) is 5.44. The number of hydrogen-bond donors (Lipinski definition) is 1. The molecule has 0 aliphatic heterocycles. The van der Waals surface area contributed by atoms with Crippen molar-refractivity contribution in [3.63, 3.8) is 0 Å². The zero-order valence-corrected chi connectivity index (χ0v) is 18.1. The summed E-state index contributed by atoms with van der Waals surface area (Å²) >= 11 is 0. The molecule has 0 saturated heterocycles. The van der Waals surface area contributed by atoms with Crippen molar-refractivity contribution >= 4 is 17.4 Å². The molecule has 0 atom stereocenters. The van der Waals surface area contributed by atoms with Crippen molar-refractivity contribution < 1.29 is 9.53 Å². The van der Waals surface area contributed by atoms with Gasteiger partial charge in [0.2, 0.25) is 0 Å². The topological polar surface area (TPSA) is 68.5 Å². The standard InChI is InChI=1S/C26H26N4O2/c1-32-26(31)19-12-10-18(11-13-19)20-6-5-7-21(16-20)24-25(28-22-8-3-2-4-9-22)30-15-14-27-17-23(30)29-24/h5-7,10-17,22,28H,2-4,8-9H2,1H3. The maximum Gasteiger partial charge on any atom is 0.337 e. The van der Waals surface area contributed by atoms with Crippen molar-refractivity contribution in [2.75, 3.05) is 12.4 Å². The fourth-order valence-corrected chi connectivity index (χ4v) is 4.45. The zero-order valence-electron chi connectivity index (χ0n) is 18.1. The molecule has 0 amide bonds. The molecule has 2 aromatic carbocycles. The highest BCUT2D eigenvalue weighted by Crippen LogP contribution is 2.33. The Hall–Kier alpha value is -3.67. The highest BCUT2D eigenvalue weighted by atomic mass is 16.5. The number of aromatic nitrogens is 3. The van der Waals surface area contributed by atoms with E-state index in [-0.39, 0.29) is 5.97 Å². The molecule has 0 unspecified atom stereocenters. The summed E-state index contributed by atoms with van der Waals surface area (Å²) < 4.78 is 6.89. The minimum Gasteiger partial charge on any atom is -0.465 e. The van der Waals surface area contributed by atoms with Crippen LogP contribution in [-0.4, -0.2) is 33.5 Å². The predicted octanol–water partition coefficient (Wildman–Crippen LogP) is 5.59. The lowest BCUT2D eigenvalue weighted by molar-refractivity contribution is 0.0601. The van der Waals surface area contributed by atoms with Gasteiger partial charge in [0.05, 0.1) is 18.9 Å². The van der Waals surface area contributed by atoms with Crippen molar-refractivity contribution in [3.05, 3.63) is 72.7 Å². The Kier molecular flexibility index (Phi) is 5.58. The summed E-state index contributed by atoms with van der Waals surface area (Å²) in [6.45, 7) is 0. The van der Waals surface area contributed by atoms with E-state index >= 15 is 0 Å². The van der Waals surface area contributed by atoms with Crippen molar-refractivity contribution in [2.45, 2.75) is 38.1 Å². The lowest BCUT2D eigenvalue weighted by Crippen LogP contribution is -2.23. The van der Waals surface area contributed by atoms with Crippen LogP contribution >= 0.6 is 0 Å². The fourth-order valence-electron chi connectivity index (χ4n) is 4.45. The minimum absolute atomic E-state index is 0.331. The summed E-state index contributed by atoms with van der Waals surface area (Å²) in [5, 5.41) is 3.78. The molecule has 1 aliphatic carbocycles. The zero-order chi connectivity index (χ0) is 21.9. The average molecular weight is 427 g/mol. The molecule has 1 saturated carbocycles. The summed E-state index contributed by atoms with van der Waals surface area (Å²) in [5.74, 6) is 0.689. The molecule has 2 aromatic heterocycles. The van der Waals surface area contributed by atoms with E-state index in [4.69, 9.17) is 9.72 Å². The van der Waals surface area contributed by atoms with Crippen LogP contribution in [0.1, 0.15) is 42.5 Å². The third kappa shape index (κ3) is 3.96. The fraction of sp³-hybridized carbons (Fsp3) is 0.269. The second-order valence-corrected chi connectivity index (χ2v) is 8.24. The molecule has 162 valence electrons. The van der Waals surface area contributed by atoms with Crippen LogP contribution < -0.4 is 5.32 Å². The van der Waals surface area contributed by atoms with Crippen LogP contribution in [0.5, 0.6) is 0 Å². The number of imidazole rings is 1. The Bertz CT molecular complexity index is 1240. The molecule has 1 fully saturated rings. The summed E-state index contributed by atoms with van der Waals surface area (Å²) in [6.07, 6.45) is 11.8. The molecule has 6 heteroatoms. The molecule has 0 spiro atoms.